The fraction of sp³-hybridized carbons (Fsp3) is 0.200. The van der Waals surface area contributed by atoms with Crippen LogP contribution >= 0.6 is 15.9 Å². The van der Waals surface area contributed by atoms with Gasteiger partial charge < -0.3 is 24.2 Å². The van der Waals surface area contributed by atoms with E-state index in [1.54, 1.807) is 31.3 Å². The number of carbonyl (C=O) groups is 2. The molecule has 0 saturated carbocycles. The zero-order valence-corrected chi connectivity index (χ0v) is 19.9. The number of hydrogen-bond donors (Lipinski definition) is 1. The first kappa shape index (κ1) is 24.1. The highest BCUT2D eigenvalue weighted by Gasteiger charge is 2.20. The summed E-state index contributed by atoms with van der Waals surface area (Å²) in [5.41, 5.74) is 1.73. The molecule has 0 unspecified atom stereocenters. The van der Waals surface area contributed by atoms with E-state index in [1.807, 2.05) is 48.5 Å². The first-order valence-corrected chi connectivity index (χ1v) is 10.9. The molecule has 7 nitrogen and oxygen atoms in total. The van der Waals surface area contributed by atoms with E-state index in [9.17, 15) is 14.7 Å². The van der Waals surface area contributed by atoms with Gasteiger partial charge in [-0.1, -0.05) is 36.4 Å². The monoisotopic (exact) mass is 513 g/mol. The van der Waals surface area contributed by atoms with E-state index in [4.69, 9.17) is 14.2 Å². The van der Waals surface area contributed by atoms with E-state index in [-0.39, 0.29) is 23.8 Å². The number of methoxy groups -OCH3 is 2. The van der Waals surface area contributed by atoms with Crippen LogP contribution in [0.4, 0.5) is 0 Å². The van der Waals surface area contributed by atoms with E-state index in [1.165, 1.54) is 6.07 Å². The third kappa shape index (κ3) is 6.26. The van der Waals surface area contributed by atoms with E-state index < -0.39 is 5.97 Å². The Bertz CT molecular complexity index is 1120. The molecule has 0 heterocycles. The highest BCUT2D eigenvalue weighted by Crippen LogP contribution is 2.29. The topological polar surface area (TPSA) is 85.3 Å². The minimum Gasteiger partial charge on any atom is -0.497 e. The molecule has 172 valence electrons. The predicted molar refractivity (Wildman–Crippen MR) is 127 cm³/mol. The average molecular weight is 514 g/mol. The Morgan fingerprint density at radius 3 is 2.30 bits per heavy atom. The Balaban J connectivity index is 1.83. The van der Waals surface area contributed by atoms with Crippen molar-refractivity contribution in [3.05, 3.63) is 87.9 Å². The molecule has 33 heavy (non-hydrogen) atoms. The minimum atomic E-state index is -1.14. The van der Waals surface area contributed by atoms with E-state index >= 15 is 0 Å². The van der Waals surface area contributed by atoms with Crippen molar-refractivity contribution in [3.8, 4) is 17.2 Å². The Morgan fingerprint density at radius 2 is 1.64 bits per heavy atom. The van der Waals surface area contributed by atoms with Crippen LogP contribution in [-0.4, -0.2) is 42.7 Å². The number of nitrogens with zero attached hydrogens (tertiary/aromatic N) is 1. The summed E-state index contributed by atoms with van der Waals surface area (Å²) in [7, 11) is 3.18. The summed E-state index contributed by atoms with van der Waals surface area (Å²) in [4.78, 5) is 26.4. The summed E-state index contributed by atoms with van der Waals surface area (Å²) in [5.74, 6) is 0.0662. The third-order valence-corrected chi connectivity index (χ3v) is 5.60. The number of halogens is 1. The zero-order valence-electron chi connectivity index (χ0n) is 18.3. The second-order valence-electron chi connectivity index (χ2n) is 7.12. The fourth-order valence-corrected chi connectivity index (χ4v) is 3.75. The number of carbonyl (C=O) groups excluding carboxylic acids is 1. The quantitative estimate of drug-likeness (QED) is 0.420. The Morgan fingerprint density at radius 1 is 0.909 bits per heavy atom. The van der Waals surface area contributed by atoms with Gasteiger partial charge in [0.25, 0.3) is 5.91 Å². The van der Waals surface area contributed by atoms with Crippen LogP contribution in [0.2, 0.25) is 0 Å². The molecule has 0 aliphatic carbocycles. The highest BCUT2D eigenvalue weighted by molar-refractivity contribution is 9.10. The van der Waals surface area contributed by atoms with Gasteiger partial charge in [0.2, 0.25) is 0 Å². The smallest absolute Gasteiger partial charge is 0.339 e. The van der Waals surface area contributed by atoms with Crippen molar-refractivity contribution >= 4 is 27.8 Å². The van der Waals surface area contributed by atoms with Crippen molar-refractivity contribution < 1.29 is 28.9 Å². The van der Waals surface area contributed by atoms with Gasteiger partial charge in [-0.2, -0.15) is 0 Å². The Hall–Kier alpha value is -3.52. The van der Waals surface area contributed by atoms with Crippen LogP contribution in [-0.2, 0) is 17.9 Å². The Labute approximate surface area is 200 Å². The maximum atomic E-state index is 13.2. The van der Waals surface area contributed by atoms with Gasteiger partial charge in [-0.3, -0.25) is 4.79 Å². The molecule has 0 aliphatic rings. The number of carboxylic acids is 1. The second kappa shape index (κ2) is 11.4. The second-order valence-corrected chi connectivity index (χ2v) is 7.97. The molecule has 8 heteroatoms. The molecule has 1 amide bonds. The predicted octanol–water partition coefficient (Wildman–Crippen LogP) is 4.77. The lowest BCUT2D eigenvalue weighted by atomic mass is 10.1. The number of rotatable bonds is 10. The van der Waals surface area contributed by atoms with Crippen LogP contribution < -0.4 is 14.2 Å². The molecule has 0 aromatic heterocycles. The van der Waals surface area contributed by atoms with Crippen LogP contribution in [0, 0.1) is 0 Å². The maximum Gasteiger partial charge on any atom is 0.339 e. The van der Waals surface area contributed by atoms with Crippen LogP contribution in [0.3, 0.4) is 0 Å². The molecule has 0 atom stereocenters. The average Bonchev–Trinajstić information content (AvgIpc) is 2.83. The SMILES string of the molecule is COc1ccc(CN(Cc2ccccc2OC)C(=O)COc2c(Br)cccc2C(=O)O)cc1. The first-order valence-electron chi connectivity index (χ1n) is 10.1. The van der Waals surface area contributed by atoms with Crippen molar-refractivity contribution in [1.82, 2.24) is 4.90 Å². The van der Waals surface area contributed by atoms with Gasteiger partial charge in [-0.15, -0.1) is 0 Å². The maximum absolute atomic E-state index is 13.2. The molecule has 1 N–H and O–H groups in total. The standard InChI is InChI=1S/C25H24BrNO6/c1-31-19-12-10-17(11-13-19)14-27(15-18-6-3-4-9-22(18)32-2)23(28)16-33-24-20(25(29)30)7-5-8-21(24)26/h3-13H,14-16H2,1-2H3,(H,29,30). The van der Waals surface area contributed by atoms with Gasteiger partial charge in [-0.25, -0.2) is 4.79 Å². The summed E-state index contributed by atoms with van der Waals surface area (Å²) < 4.78 is 16.8. The van der Waals surface area contributed by atoms with Crippen molar-refractivity contribution in [2.45, 2.75) is 13.1 Å². The number of amides is 1. The molecule has 3 aromatic rings. The molecule has 0 radical (unpaired) electrons. The molecular formula is C25H24BrNO6. The van der Waals surface area contributed by atoms with Crippen LogP contribution in [0.5, 0.6) is 17.2 Å². The number of carboxylic acid groups (broad SMARTS) is 1. The normalized spacial score (nSPS) is 10.4. The van der Waals surface area contributed by atoms with Gasteiger partial charge in [0.05, 0.1) is 18.7 Å². The van der Waals surface area contributed by atoms with E-state index in [0.29, 0.717) is 23.3 Å². The van der Waals surface area contributed by atoms with Gasteiger partial charge in [-0.05, 0) is 51.8 Å². The van der Waals surface area contributed by atoms with Gasteiger partial charge in [0.1, 0.15) is 22.8 Å². The summed E-state index contributed by atoms with van der Waals surface area (Å²) in [6.07, 6.45) is 0. The van der Waals surface area contributed by atoms with Crippen LogP contribution in [0.1, 0.15) is 21.5 Å². The lowest BCUT2D eigenvalue weighted by molar-refractivity contribution is -0.134. The molecule has 0 spiro atoms. The fourth-order valence-electron chi connectivity index (χ4n) is 3.27. The van der Waals surface area contributed by atoms with Gasteiger partial charge in [0.15, 0.2) is 6.61 Å². The van der Waals surface area contributed by atoms with Crippen molar-refractivity contribution in [2.75, 3.05) is 20.8 Å². The zero-order chi connectivity index (χ0) is 23.8. The van der Waals surface area contributed by atoms with Crippen molar-refractivity contribution in [1.29, 1.82) is 0 Å². The number of hydrogen-bond acceptors (Lipinski definition) is 5. The third-order valence-electron chi connectivity index (χ3n) is 4.98. The number of benzene rings is 3. The van der Waals surface area contributed by atoms with E-state index in [2.05, 4.69) is 15.9 Å². The summed E-state index contributed by atoms with van der Waals surface area (Å²) in [6.45, 7) is 0.292. The largest absolute Gasteiger partial charge is 0.497 e. The first-order chi connectivity index (χ1) is 15.9. The molecule has 0 bridgehead atoms. The molecular weight excluding hydrogens is 490 g/mol. The molecule has 0 fully saturated rings. The molecule has 3 rings (SSSR count). The number of aromatic carboxylic acids is 1. The molecule has 3 aromatic carbocycles. The summed E-state index contributed by atoms with van der Waals surface area (Å²) in [5, 5.41) is 9.43. The minimum absolute atomic E-state index is 0.0244. The summed E-state index contributed by atoms with van der Waals surface area (Å²) in [6, 6.07) is 19.6. The molecule has 0 aliphatic heterocycles. The van der Waals surface area contributed by atoms with Crippen molar-refractivity contribution in [2.24, 2.45) is 0 Å². The van der Waals surface area contributed by atoms with Crippen molar-refractivity contribution in [3.63, 3.8) is 0 Å². The Kier molecular flexibility index (Phi) is 8.32. The van der Waals surface area contributed by atoms with E-state index in [0.717, 1.165) is 16.9 Å². The van der Waals surface area contributed by atoms with Crippen LogP contribution in [0.25, 0.3) is 0 Å². The number of ether oxygens (including phenoxy) is 3. The number of para-hydroxylation sites is 2. The highest BCUT2D eigenvalue weighted by atomic mass is 79.9. The molecule has 0 saturated heterocycles. The summed E-state index contributed by atoms with van der Waals surface area (Å²) >= 11 is 3.30. The van der Waals surface area contributed by atoms with Crippen LogP contribution in [0.15, 0.2) is 71.2 Å². The van der Waals surface area contributed by atoms with Gasteiger partial charge in [0, 0.05) is 18.7 Å². The lowest BCUT2D eigenvalue weighted by Gasteiger charge is -2.24. The van der Waals surface area contributed by atoms with Gasteiger partial charge >= 0.3 is 5.97 Å². The lowest BCUT2D eigenvalue weighted by Crippen LogP contribution is -2.34.